The summed E-state index contributed by atoms with van der Waals surface area (Å²) in [6, 6.07) is 5.31. The Bertz CT molecular complexity index is 486. The molecule has 0 bridgehead atoms. The highest BCUT2D eigenvalue weighted by atomic mass is 16.4. The average molecular weight is 263 g/mol. The van der Waals surface area contributed by atoms with Crippen molar-refractivity contribution < 1.29 is 14.7 Å². The summed E-state index contributed by atoms with van der Waals surface area (Å²) in [5.41, 5.74) is 1.65. The van der Waals surface area contributed by atoms with Gasteiger partial charge in [0.25, 0.3) is 0 Å². The van der Waals surface area contributed by atoms with Crippen LogP contribution in [0.25, 0.3) is 0 Å². The average Bonchev–Trinajstić information content (AvgIpc) is 3.17. The van der Waals surface area contributed by atoms with Crippen molar-refractivity contribution in [1.82, 2.24) is 15.2 Å². The van der Waals surface area contributed by atoms with Crippen molar-refractivity contribution in [2.24, 2.45) is 0 Å². The molecule has 1 aliphatic carbocycles. The fourth-order valence-electron chi connectivity index (χ4n) is 1.86. The molecule has 2 amide bonds. The second-order valence-corrected chi connectivity index (χ2v) is 4.68. The highest BCUT2D eigenvalue weighted by Crippen LogP contribution is 2.26. The molecule has 19 heavy (non-hydrogen) atoms. The minimum Gasteiger partial charge on any atom is -0.480 e. The Morgan fingerprint density at radius 1 is 1.47 bits per heavy atom. The zero-order chi connectivity index (χ0) is 13.8. The van der Waals surface area contributed by atoms with Crippen molar-refractivity contribution >= 4 is 12.0 Å². The zero-order valence-corrected chi connectivity index (χ0v) is 10.8. The van der Waals surface area contributed by atoms with Crippen LogP contribution in [0, 0.1) is 6.92 Å². The van der Waals surface area contributed by atoms with Gasteiger partial charge in [-0.05, 0) is 31.9 Å². The molecule has 1 aromatic heterocycles. The summed E-state index contributed by atoms with van der Waals surface area (Å²) >= 11 is 0. The molecule has 0 radical (unpaired) electrons. The quantitative estimate of drug-likeness (QED) is 0.834. The number of hydrogen-bond donors (Lipinski definition) is 2. The molecule has 0 spiro atoms. The molecule has 6 heteroatoms. The summed E-state index contributed by atoms with van der Waals surface area (Å²) in [6.45, 7) is 1.94. The number of amides is 2. The first-order valence-electron chi connectivity index (χ1n) is 6.25. The van der Waals surface area contributed by atoms with E-state index in [4.69, 9.17) is 5.11 Å². The number of carbonyl (C=O) groups excluding carboxylic acids is 1. The summed E-state index contributed by atoms with van der Waals surface area (Å²) in [4.78, 5) is 28.3. The molecule has 6 nitrogen and oxygen atoms in total. The molecule has 0 aliphatic heterocycles. The minimum atomic E-state index is -0.990. The Labute approximate surface area is 111 Å². The van der Waals surface area contributed by atoms with Crippen molar-refractivity contribution in [3.8, 4) is 0 Å². The second kappa shape index (κ2) is 5.69. The third-order valence-electron chi connectivity index (χ3n) is 2.92. The molecule has 1 saturated carbocycles. The maximum atomic E-state index is 11.9. The number of aliphatic carboxylic acids is 1. The number of pyridine rings is 1. The van der Waals surface area contributed by atoms with E-state index in [1.165, 1.54) is 4.90 Å². The Hall–Kier alpha value is -2.11. The van der Waals surface area contributed by atoms with Crippen LogP contribution in [0.2, 0.25) is 0 Å². The largest absolute Gasteiger partial charge is 0.480 e. The van der Waals surface area contributed by atoms with Crippen LogP contribution in [0.1, 0.15) is 24.2 Å². The number of carboxylic acid groups (broad SMARTS) is 1. The van der Waals surface area contributed by atoms with Crippen LogP contribution in [0.3, 0.4) is 0 Å². The lowest BCUT2D eigenvalue weighted by atomic mass is 10.3. The van der Waals surface area contributed by atoms with Crippen molar-refractivity contribution in [3.63, 3.8) is 0 Å². The maximum absolute atomic E-state index is 11.9. The first-order chi connectivity index (χ1) is 9.06. The summed E-state index contributed by atoms with van der Waals surface area (Å²) in [7, 11) is 0. The number of nitrogens with one attached hydrogen (secondary N) is 1. The van der Waals surface area contributed by atoms with Gasteiger partial charge in [0.15, 0.2) is 0 Å². The molecule has 0 atom stereocenters. The monoisotopic (exact) mass is 263 g/mol. The van der Waals surface area contributed by atoms with Gasteiger partial charge in [0.05, 0.1) is 12.2 Å². The van der Waals surface area contributed by atoms with Gasteiger partial charge in [0, 0.05) is 11.7 Å². The number of aryl methyl sites for hydroxylation is 1. The number of urea groups is 1. The first-order valence-corrected chi connectivity index (χ1v) is 6.25. The predicted molar refractivity (Wildman–Crippen MR) is 68.6 cm³/mol. The van der Waals surface area contributed by atoms with Crippen LogP contribution in [-0.4, -0.2) is 39.6 Å². The van der Waals surface area contributed by atoms with Crippen LogP contribution in [0.4, 0.5) is 4.79 Å². The van der Waals surface area contributed by atoms with Gasteiger partial charge in [-0.3, -0.25) is 9.78 Å². The van der Waals surface area contributed by atoms with Gasteiger partial charge in [-0.15, -0.1) is 0 Å². The number of nitrogens with zero attached hydrogens (tertiary/aromatic N) is 2. The Morgan fingerprint density at radius 3 is 2.79 bits per heavy atom. The maximum Gasteiger partial charge on any atom is 0.323 e. The lowest BCUT2D eigenvalue weighted by Gasteiger charge is -2.20. The number of carboxylic acids is 1. The van der Waals surface area contributed by atoms with Gasteiger partial charge >= 0.3 is 12.0 Å². The molecule has 2 rings (SSSR count). The highest BCUT2D eigenvalue weighted by Gasteiger charge is 2.33. The van der Waals surface area contributed by atoms with Gasteiger partial charge < -0.3 is 15.3 Å². The van der Waals surface area contributed by atoms with Crippen molar-refractivity contribution in [2.75, 3.05) is 6.54 Å². The number of carbonyl (C=O) groups is 2. The molecule has 0 saturated heterocycles. The fraction of sp³-hybridized carbons (Fsp3) is 0.462. The summed E-state index contributed by atoms with van der Waals surface area (Å²) in [5.74, 6) is -0.990. The van der Waals surface area contributed by atoms with Crippen LogP contribution >= 0.6 is 0 Å². The Kier molecular flexibility index (Phi) is 3.99. The Morgan fingerprint density at radius 2 is 2.21 bits per heavy atom. The minimum absolute atomic E-state index is 0.0709. The number of rotatable bonds is 5. The number of aromatic nitrogens is 1. The molecule has 1 aromatic rings. The van der Waals surface area contributed by atoms with Gasteiger partial charge in [0.1, 0.15) is 6.54 Å². The normalized spacial score (nSPS) is 13.9. The van der Waals surface area contributed by atoms with Crippen molar-refractivity contribution in [3.05, 3.63) is 29.6 Å². The predicted octanol–water partition coefficient (Wildman–Crippen LogP) is 1.15. The van der Waals surface area contributed by atoms with E-state index in [1.807, 2.05) is 25.1 Å². The van der Waals surface area contributed by atoms with E-state index in [2.05, 4.69) is 10.3 Å². The zero-order valence-electron chi connectivity index (χ0n) is 10.8. The van der Waals surface area contributed by atoms with Crippen molar-refractivity contribution in [2.45, 2.75) is 32.4 Å². The molecule has 2 N–H and O–H groups in total. The van der Waals surface area contributed by atoms with E-state index in [1.54, 1.807) is 0 Å². The van der Waals surface area contributed by atoms with Crippen LogP contribution in [-0.2, 0) is 11.3 Å². The van der Waals surface area contributed by atoms with Gasteiger partial charge in [0.2, 0.25) is 0 Å². The fourth-order valence-corrected chi connectivity index (χ4v) is 1.86. The molecule has 102 valence electrons. The van der Waals surface area contributed by atoms with Gasteiger partial charge in [-0.2, -0.15) is 0 Å². The van der Waals surface area contributed by atoms with Gasteiger partial charge in [-0.1, -0.05) is 6.07 Å². The number of hydrogen-bond acceptors (Lipinski definition) is 3. The van der Waals surface area contributed by atoms with Crippen LogP contribution in [0.5, 0.6) is 0 Å². The third kappa shape index (κ3) is 3.94. The molecule has 0 aromatic carbocycles. The van der Waals surface area contributed by atoms with E-state index in [0.717, 1.165) is 24.2 Å². The van der Waals surface area contributed by atoms with E-state index >= 15 is 0 Å². The lowest BCUT2D eigenvalue weighted by molar-refractivity contribution is -0.137. The molecule has 1 fully saturated rings. The van der Waals surface area contributed by atoms with E-state index in [0.29, 0.717) is 6.54 Å². The van der Waals surface area contributed by atoms with E-state index < -0.39 is 5.97 Å². The molecule has 1 heterocycles. The van der Waals surface area contributed by atoms with Crippen molar-refractivity contribution in [1.29, 1.82) is 0 Å². The van der Waals surface area contributed by atoms with E-state index in [-0.39, 0.29) is 18.6 Å². The Balaban J connectivity index is 1.90. The summed E-state index contributed by atoms with van der Waals surface area (Å²) < 4.78 is 0. The van der Waals surface area contributed by atoms with Crippen LogP contribution in [0.15, 0.2) is 18.2 Å². The lowest BCUT2D eigenvalue weighted by Crippen LogP contribution is -2.43. The van der Waals surface area contributed by atoms with E-state index in [9.17, 15) is 9.59 Å². The topological polar surface area (TPSA) is 82.5 Å². The highest BCUT2D eigenvalue weighted by molar-refractivity contribution is 5.80. The van der Waals surface area contributed by atoms with Gasteiger partial charge in [-0.25, -0.2) is 4.79 Å². The molecular formula is C13H17N3O3. The smallest absolute Gasteiger partial charge is 0.323 e. The third-order valence-corrected chi connectivity index (χ3v) is 2.92. The molecule has 0 unspecified atom stereocenters. The SMILES string of the molecule is Cc1cccc(CNC(=O)N(CC(=O)O)C2CC2)n1. The standard InChI is InChI=1S/C13H17N3O3/c1-9-3-2-4-10(15-9)7-14-13(19)16(8-12(17)18)11-5-6-11/h2-4,11H,5-8H2,1H3,(H,14,19)(H,17,18). The molecular weight excluding hydrogens is 246 g/mol. The second-order valence-electron chi connectivity index (χ2n) is 4.68. The first kappa shape index (κ1) is 13.3. The summed E-state index contributed by atoms with van der Waals surface area (Å²) in [6.07, 6.45) is 1.76. The summed E-state index contributed by atoms with van der Waals surface area (Å²) in [5, 5.41) is 11.5. The van der Waals surface area contributed by atoms with Crippen LogP contribution < -0.4 is 5.32 Å². The molecule has 1 aliphatic rings.